The van der Waals surface area contributed by atoms with E-state index in [1.54, 1.807) is 10.9 Å². The van der Waals surface area contributed by atoms with Gasteiger partial charge in [0, 0.05) is 12.8 Å². The number of ether oxygens (including phenoxy) is 1. The van der Waals surface area contributed by atoms with Gasteiger partial charge < -0.3 is 4.74 Å². The molecule has 1 aromatic rings. The van der Waals surface area contributed by atoms with Gasteiger partial charge in [-0.15, -0.1) is 0 Å². The zero-order chi connectivity index (χ0) is 9.97. The number of nitrogens with zero attached hydrogens (tertiary/aromatic N) is 3. The van der Waals surface area contributed by atoms with Crippen molar-refractivity contribution in [1.82, 2.24) is 9.78 Å². The van der Waals surface area contributed by atoms with Crippen LogP contribution in [0.5, 0.6) is 0 Å². The molecule has 1 saturated heterocycles. The lowest BCUT2D eigenvalue weighted by Gasteiger charge is -2.22. The van der Waals surface area contributed by atoms with Gasteiger partial charge in [-0.2, -0.15) is 10.4 Å². The molecule has 1 aromatic heterocycles. The molecule has 1 atom stereocenters. The summed E-state index contributed by atoms with van der Waals surface area (Å²) in [6.45, 7) is 0.795. The zero-order valence-corrected chi connectivity index (χ0v) is 9.77. The predicted octanol–water partition coefficient (Wildman–Crippen LogP) is 2.06. The third-order valence-electron chi connectivity index (χ3n) is 2.26. The molecule has 0 bridgehead atoms. The van der Waals surface area contributed by atoms with Crippen LogP contribution in [0.25, 0.3) is 0 Å². The Morgan fingerprint density at radius 2 is 2.50 bits per heavy atom. The second kappa shape index (κ2) is 4.28. The van der Waals surface area contributed by atoms with Gasteiger partial charge >= 0.3 is 0 Å². The Balaban J connectivity index is 2.19. The van der Waals surface area contributed by atoms with E-state index in [1.165, 1.54) is 6.42 Å². The van der Waals surface area contributed by atoms with E-state index in [9.17, 15) is 0 Å². The molecule has 1 aliphatic rings. The van der Waals surface area contributed by atoms with Crippen LogP contribution in [-0.4, -0.2) is 16.4 Å². The number of aromatic nitrogens is 2. The van der Waals surface area contributed by atoms with Gasteiger partial charge in [0.05, 0.1) is 0 Å². The van der Waals surface area contributed by atoms with Crippen molar-refractivity contribution in [3.63, 3.8) is 0 Å². The topological polar surface area (TPSA) is 50.8 Å². The summed E-state index contributed by atoms with van der Waals surface area (Å²) in [7, 11) is 0. The molecule has 2 rings (SSSR count). The minimum absolute atomic E-state index is 0.0272. The molecular weight excluding hydrogens is 293 g/mol. The molecule has 0 aliphatic carbocycles. The van der Waals surface area contributed by atoms with Crippen molar-refractivity contribution in [1.29, 1.82) is 5.26 Å². The van der Waals surface area contributed by atoms with Crippen LogP contribution in [0.3, 0.4) is 0 Å². The van der Waals surface area contributed by atoms with Crippen LogP contribution in [0, 0.1) is 15.0 Å². The number of halogens is 1. The fourth-order valence-corrected chi connectivity index (χ4v) is 2.03. The zero-order valence-electron chi connectivity index (χ0n) is 7.61. The van der Waals surface area contributed by atoms with Crippen molar-refractivity contribution >= 4 is 22.6 Å². The van der Waals surface area contributed by atoms with Crippen molar-refractivity contribution in [2.75, 3.05) is 6.61 Å². The molecule has 2 heterocycles. The van der Waals surface area contributed by atoms with Gasteiger partial charge in [0.15, 0.2) is 0 Å². The van der Waals surface area contributed by atoms with Crippen LogP contribution in [-0.2, 0) is 4.74 Å². The quantitative estimate of drug-likeness (QED) is 0.746. The predicted molar refractivity (Wildman–Crippen MR) is 58.5 cm³/mol. The van der Waals surface area contributed by atoms with Crippen molar-refractivity contribution in [3.05, 3.63) is 15.5 Å². The standard InChI is InChI=1S/C9H10IN3O/c10-9-7(5-11)6-13(12-9)8-3-1-2-4-14-8/h6,8H,1-4H2. The second-order valence-corrected chi connectivity index (χ2v) is 4.27. The van der Waals surface area contributed by atoms with Crippen molar-refractivity contribution in [3.8, 4) is 6.07 Å². The molecule has 0 amide bonds. The minimum atomic E-state index is 0.0272. The fourth-order valence-electron chi connectivity index (χ4n) is 1.52. The van der Waals surface area contributed by atoms with E-state index in [-0.39, 0.29) is 6.23 Å². The second-order valence-electron chi connectivity index (χ2n) is 3.25. The van der Waals surface area contributed by atoms with Gasteiger partial charge in [0.2, 0.25) is 0 Å². The Bertz CT molecular complexity index is 363. The first-order valence-corrected chi connectivity index (χ1v) is 5.65. The largest absolute Gasteiger partial charge is 0.357 e. The summed E-state index contributed by atoms with van der Waals surface area (Å²) < 4.78 is 8.08. The lowest BCUT2D eigenvalue weighted by atomic mass is 10.2. The molecule has 14 heavy (non-hydrogen) atoms. The van der Waals surface area contributed by atoms with Gasteiger partial charge in [-0.3, -0.25) is 0 Å². The normalized spacial score (nSPS) is 21.9. The highest BCUT2D eigenvalue weighted by molar-refractivity contribution is 14.1. The van der Waals surface area contributed by atoms with Gasteiger partial charge in [-0.25, -0.2) is 4.68 Å². The lowest BCUT2D eigenvalue weighted by Crippen LogP contribution is -2.18. The van der Waals surface area contributed by atoms with E-state index in [1.807, 2.05) is 0 Å². The first kappa shape index (κ1) is 9.93. The summed E-state index contributed by atoms with van der Waals surface area (Å²) in [6.07, 6.45) is 5.07. The molecule has 1 unspecified atom stereocenters. The Labute approximate surface area is 96.0 Å². The van der Waals surface area contributed by atoms with Crippen LogP contribution in [0.1, 0.15) is 31.1 Å². The lowest BCUT2D eigenvalue weighted by molar-refractivity contribution is -0.0396. The molecule has 0 saturated carbocycles. The van der Waals surface area contributed by atoms with Crippen LogP contribution in [0.2, 0.25) is 0 Å². The average Bonchev–Trinajstić information content (AvgIpc) is 2.61. The highest BCUT2D eigenvalue weighted by atomic mass is 127. The maximum atomic E-state index is 8.78. The molecule has 0 aromatic carbocycles. The highest BCUT2D eigenvalue weighted by Gasteiger charge is 2.18. The van der Waals surface area contributed by atoms with Crippen molar-refractivity contribution in [2.45, 2.75) is 25.5 Å². The van der Waals surface area contributed by atoms with Gasteiger partial charge in [-0.05, 0) is 41.9 Å². The highest BCUT2D eigenvalue weighted by Crippen LogP contribution is 2.23. The fraction of sp³-hybridized carbons (Fsp3) is 0.556. The molecule has 0 radical (unpaired) electrons. The van der Waals surface area contributed by atoms with E-state index in [0.29, 0.717) is 5.56 Å². The SMILES string of the molecule is N#Cc1cn(C2CCCCO2)nc1I. The van der Waals surface area contributed by atoms with E-state index in [2.05, 4.69) is 33.8 Å². The monoisotopic (exact) mass is 303 g/mol. The maximum absolute atomic E-state index is 8.78. The van der Waals surface area contributed by atoms with Gasteiger partial charge in [-0.1, -0.05) is 0 Å². The maximum Gasteiger partial charge on any atom is 0.150 e. The van der Waals surface area contributed by atoms with Crippen molar-refractivity contribution in [2.24, 2.45) is 0 Å². The average molecular weight is 303 g/mol. The van der Waals surface area contributed by atoms with Crippen LogP contribution in [0.4, 0.5) is 0 Å². The number of hydrogen-bond acceptors (Lipinski definition) is 3. The Morgan fingerprint density at radius 1 is 1.64 bits per heavy atom. The Kier molecular flexibility index (Phi) is 3.03. The summed E-state index contributed by atoms with van der Waals surface area (Å²) in [5.74, 6) is 0. The summed E-state index contributed by atoms with van der Waals surface area (Å²) in [5.41, 5.74) is 0.625. The molecule has 0 N–H and O–H groups in total. The van der Waals surface area contributed by atoms with Gasteiger partial charge in [0.1, 0.15) is 21.6 Å². The van der Waals surface area contributed by atoms with Crippen LogP contribution in [0.15, 0.2) is 6.20 Å². The third-order valence-corrected chi connectivity index (χ3v) is 3.05. The molecule has 4 nitrogen and oxygen atoms in total. The van der Waals surface area contributed by atoms with Crippen LogP contribution < -0.4 is 0 Å². The van der Waals surface area contributed by atoms with Crippen molar-refractivity contribution < 1.29 is 4.74 Å². The summed E-state index contributed by atoms with van der Waals surface area (Å²) in [4.78, 5) is 0. The van der Waals surface area contributed by atoms with E-state index in [0.717, 1.165) is 23.1 Å². The van der Waals surface area contributed by atoms with Crippen LogP contribution >= 0.6 is 22.6 Å². The molecule has 5 heteroatoms. The van der Waals surface area contributed by atoms with Gasteiger partial charge in [0.25, 0.3) is 0 Å². The molecular formula is C9H10IN3O. The number of hydrogen-bond donors (Lipinski definition) is 0. The Hall–Kier alpha value is -0.610. The third kappa shape index (κ3) is 1.91. The smallest absolute Gasteiger partial charge is 0.150 e. The van der Waals surface area contributed by atoms with E-state index in [4.69, 9.17) is 10.00 Å². The van der Waals surface area contributed by atoms with E-state index < -0.39 is 0 Å². The number of nitriles is 1. The first-order chi connectivity index (χ1) is 6.81. The van der Waals surface area contributed by atoms with E-state index >= 15 is 0 Å². The summed E-state index contributed by atoms with van der Waals surface area (Å²) in [5, 5.41) is 13.0. The minimum Gasteiger partial charge on any atom is -0.357 e. The molecule has 0 spiro atoms. The summed E-state index contributed by atoms with van der Waals surface area (Å²) >= 11 is 2.07. The summed E-state index contributed by atoms with van der Waals surface area (Å²) in [6, 6.07) is 2.11. The Morgan fingerprint density at radius 3 is 3.07 bits per heavy atom. The molecule has 1 aliphatic heterocycles. The first-order valence-electron chi connectivity index (χ1n) is 4.57. The molecule has 74 valence electrons. The number of rotatable bonds is 1. The molecule has 1 fully saturated rings.